The van der Waals surface area contributed by atoms with Gasteiger partial charge in [-0.1, -0.05) is 48.6 Å². The summed E-state index contributed by atoms with van der Waals surface area (Å²) in [6.07, 6.45) is 0.856. The number of nitrogens with zero attached hydrogens (tertiary/aromatic N) is 2. The highest BCUT2D eigenvalue weighted by Crippen LogP contribution is 2.45. The van der Waals surface area contributed by atoms with E-state index in [1.807, 2.05) is 49.4 Å². The highest BCUT2D eigenvalue weighted by molar-refractivity contribution is 7.22. The van der Waals surface area contributed by atoms with E-state index in [1.54, 1.807) is 36.3 Å². The van der Waals surface area contributed by atoms with Crippen LogP contribution in [-0.2, 0) is 0 Å². The average Bonchev–Trinajstić information content (AvgIpc) is 3.46. The van der Waals surface area contributed by atoms with Crippen LogP contribution in [0.3, 0.4) is 0 Å². The van der Waals surface area contributed by atoms with E-state index in [1.165, 1.54) is 11.3 Å². The number of benzene rings is 3. The van der Waals surface area contributed by atoms with Crippen molar-refractivity contribution in [2.75, 3.05) is 18.6 Å². The van der Waals surface area contributed by atoms with Gasteiger partial charge in [0.15, 0.2) is 22.1 Å². The number of ether oxygens (including phenoxy) is 2. The fourth-order valence-corrected chi connectivity index (χ4v) is 5.57. The summed E-state index contributed by atoms with van der Waals surface area (Å²) >= 11 is 1.40. The van der Waals surface area contributed by atoms with Crippen LogP contribution in [0.25, 0.3) is 21.2 Å². The Hall–Kier alpha value is -4.17. The Labute approximate surface area is 210 Å². The predicted molar refractivity (Wildman–Crippen MR) is 140 cm³/mol. The number of hydrogen-bond acceptors (Lipinski definition) is 7. The number of thiazole rings is 1. The smallest absolute Gasteiger partial charge is 0.297 e. The maximum absolute atomic E-state index is 13.8. The summed E-state index contributed by atoms with van der Waals surface area (Å²) < 4.78 is 18.4. The molecule has 1 aliphatic heterocycles. The zero-order chi connectivity index (χ0) is 24.8. The van der Waals surface area contributed by atoms with Gasteiger partial charge in [0.1, 0.15) is 5.58 Å². The topological polar surface area (TPSA) is 81.9 Å². The molecule has 6 rings (SSSR count). The molecule has 0 unspecified atom stereocenters. The summed E-state index contributed by atoms with van der Waals surface area (Å²) in [4.78, 5) is 33.9. The van der Waals surface area contributed by atoms with Crippen LogP contribution in [0.2, 0.25) is 0 Å². The van der Waals surface area contributed by atoms with Gasteiger partial charge in [-0.3, -0.25) is 14.5 Å². The molecule has 180 valence electrons. The van der Waals surface area contributed by atoms with E-state index in [-0.39, 0.29) is 11.2 Å². The first kappa shape index (κ1) is 22.3. The SMILES string of the molecule is CCCOc1ccc([C@@H]2c3c(oc4ccccc4c3=O)C(=O)N2c2nc3ccccc3s2)cc1OC. The van der Waals surface area contributed by atoms with Crippen LogP contribution in [0.15, 0.2) is 75.9 Å². The first-order valence-electron chi connectivity index (χ1n) is 11.7. The monoisotopic (exact) mass is 498 g/mol. The molecule has 0 spiro atoms. The quantitative estimate of drug-likeness (QED) is 0.288. The summed E-state index contributed by atoms with van der Waals surface area (Å²) in [5.74, 6) is 0.761. The lowest BCUT2D eigenvalue weighted by Crippen LogP contribution is -2.29. The maximum Gasteiger partial charge on any atom is 0.297 e. The van der Waals surface area contributed by atoms with Gasteiger partial charge in [-0.25, -0.2) is 4.98 Å². The number of amides is 1. The molecule has 1 aliphatic rings. The van der Waals surface area contributed by atoms with E-state index >= 15 is 0 Å². The van der Waals surface area contributed by atoms with Gasteiger partial charge in [-0.15, -0.1) is 0 Å². The van der Waals surface area contributed by atoms with Crippen molar-refractivity contribution >= 4 is 43.6 Å². The molecule has 0 bridgehead atoms. The summed E-state index contributed by atoms with van der Waals surface area (Å²) in [5.41, 5.74) is 1.91. The van der Waals surface area contributed by atoms with Gasteiger partial charge in [0.05, 0.1) is 40.9 Å². The van der Waals surface area contributed by atoms with Crippen LogP contribution in [0.5, 0.6) is 11.5 Å². The van der Waals surface area contributed by atoms with Crippen LogP contribution in [0.4, 0.5) is 5.13 Å². The van der Waals surface area contributed by atoms with E-state index in [2.05, 4.69) is 0 Å². The first-order valence-corrected chi connectivity index (χ1v) is 12.5. The zero-order valence-corrected chi connectivity index (χ0v) is 20.5. The van der Waals surface area contributed by atoms with Gasteiger partial charge in [0, 0.05) is 0 Å². The molecule has 3 aromatic carbocycles. The second-order valence-electron chi connectivity index (χ2n) is 8.47. The van der Waals surface area contributed by atoms with Crippen molar-refractivity contribution in [2.45, 2.75) is 19.4 Å². The predicted octanol–water partition coefficient (Wildman–Crippen LogP) is 5.95. The van der Waals surface area contributed by atoms with Crippen LogP contribution in [-0.4, -0.2) is 24.6 Å². The second-order valence-corrected chi connectivity index (χ2v) is 9.48. The molecule has 8 heteroatoms. The van der Waals surface area contributed by atoms with Gasteiger partial charge >= 0.3 is 0 Å². The average molecular weight is 499 g/mol. The van der Waals surface area contributed by atoms with Crippen LogP contribution in [0.1, 0.15) is 41.1 Å². The largest absolute Gasteiger partial charge is 0.493 e. The highest BCUT2D eigenvalue weighted by atomic mass is 32.1. The molecule has 3 heterocycles. The van der Waals surface area contributed by atoms with Gasteiger partial charge < -0.3 is 13.9 Å². The summed E-state index contributed by atoms with van der Waals surface area (Å²) in [6, 6.07) is 19.4. The fourth-order valence-electron chi connectivity index (χ4n) is 4.58. The summed E-state index contributed by atoms with van der Waals surface area (Å²) in [7, 11) is 1.57. The highest BCUT2D eigenvalue weighted by Gasteiger charge is 2.45. The third-order valence-corrected chi connectivity index (χ3v) is 7.27. The minimum Gasteiger partial charge on any atom is -0.493 e. The minimum atomic E-state index is -0.733. The molecule has 5 aromatic rings. The molecule has 0 aliphatic carbocycles. The molecule has 1 amide bonds. The van der Waals surface area contributed by atoms with E-state index in [9.17, 15) is 9.59 Å². The van der Waals surface area contributed by atoms with E-state index in [0.717, 1.165) is 16.6 Å². The summed E-state index contributed by atoms with van der Waals surface area (Å²) in [6.45, 7) is 2.58. The lowest BCUT2D eigenvalue weighted by molar-refractivity contribution is 0.0971. The fraction of sp³-hybridized carbons (Fsp3) is 0.179. The Morgan fingerprint density at radius 1 is 1.03 bits per heavy atom. The normalized spacial score (nSPS) is 15.0. The molecule has 1 atom stereocenters. The van der Waals surface area contributed by atoms with E-state index in [4.69, 9.17) is 18.9 Å². The number of hydrogen-bond donors (Lipinski definition) is 0. The minimum absolute atomic E-state index is 0.0354. The Bertz CT molecular complexity index is 1660. The molecular formula is C28H22N2O5S. The first-order chi connectivity index (χ1) is 17.6. The van der Waals surface area contributed by atoms with Crippen LogP contribution >= 0.6 is 11.3 Å². The van der Waals surface area contributed by atoms with Crippen molar-refractivity contribution < 1.29 is 18.7 Å². The van der Waals surface area contributed by atoms with Gasteiger partial charge in [-0.2, -0.15) is 0 Å². The van der Waals surface area contributed by atoms with Crippen molar-refractivity contribution in [3.63, 3.8) is 0 Å². The number of rotatable bonds is 6. The number of para-hydroxylation sites is 2. The van der Waals surface area contributed by atoms with Gasteiger partial charge in [0.2, 0.25) is 5.76 Å². The summed E-state index contributed by atoms with van der Waals surface area (Å²) in [5, 5.41) is 0.918. The van der Waals surface area contributed by atoms with E-state index in [0.29, 0.717) is 45.3 Å². The van der Waals surface area contributed by atoms with Gasteiger partial charge in [0.25, 0.3) is 5.91 Å². The molecule has 7 nitrogen and oxygen atoms in total. The Morgan fingerprint density at radius 2 is 1.83 bits per heavy atom. The Morgan fingerprint density at radius 3 is 2.64 bits per heavy atom. The van der Waals surface area contributed by atoms with Gasteiger partial charge in [-0.05, 0) is 48.4 Å². The molecule has 0 radical (unpaired) electrons. The van der Waals surface area contributed by atoms with E-state index < -0.39 is 11.9 Å². The Kier molecular flexibility index (Phi) is 5.45. The van der Waals surface area contributed by atoms with Crippen molar-refractivity contribution in [1.82, 2.24) is 4.98 Å². The van der Waals surface area contributed by atoms with Crippen molar-refractivity contribution in [3.05, 3.63) is 93.8 Å². The number of anilines is 1. The second kappa shape index (κ2) is 8.80. The number of methoxy groups -OCH3 is 1. The third kappa shape index (κ3) is 3.45. The molecule has 36 heavy (non-hydrogen) atoms. The van der Waals surface area contributed by atoms with Crippen LogP contribution in [0, 0.1) is 0 Å². The number of aromatic nitrogens is 1. The number of fused-ring (bicyclic) bond motifs is 3. The molecule has 0 N–H and O–H groups in total. The molecule has 0 fully saturated rings. The molecule has 0 saturated carbocycles. The number of carbonyl (C=O) groups excluding carboxylic acids is 1. The maximum atomic E-state index is 13.8. The number of carbonyl (C=O) groups is 1. The zero-order valence-electron chi connectivity index (χ0n) is 19.7. The Balaban J connectivity index is 1.59. The lowest BCUT2D eigenvalue weighted by atomic mass is 9.98. The standard InChI is InChI=1S/C28H22N2O5S/c1-3-14-34-20-13-12-16(15-21(20)33-2)24-23-25(31)17-8-4-6-10-19(17)35-26(23)27(32)30(24)28-29-18-9-5-7-11-22(18)36-28/h4-13,15,24H,3,14H2,1-2H3/t24-/m1/s1. The van der Waals surface area contributed by atoms with Crippen LogP contribution < -0.4 is 19.8 Å². The molecule has 2 aromatic heterocycles. The molecular weight excluding hydrogens is 476 g/mol. The van der Waals surface area contributed by atoms with Crippen molar-refractivity contribution in [2.24, 2.45) is 0 Å². The van der Waals surface area contributed by atoms with Crippen molar-refractivity contribution in [3.8, 4) is 11.5 Å². The van der Waals surface area contributed by atoms with Crippen molar-refractivity contribution in [1.29, 1.82) is 0 Å². The molecule has 0 saturated heterocycles. The lowest BCUT2D eigenvalue weighted by Gasteiger charge is -2.23. The third-order valence-electron chi connectivity index (χ3n) is 6.23.